The van der Waals surface area contributed by atoms with Crippen molar-refractivity contribution in [1.29, 1.82) is 0 Å². The van der Waals surface area contributed by atoms with Gasteiger partial charge in [-0.2, -0.15) is 0 Å². The van der Waals surface area contributed by atoms with Crippen LogP contribution in [0.5, 0.6) is 0 Å². The quantitative estimate of drug-likeness (QED) is 0.838. The predicted octanol–water partition coefficient (Wildman–Crippen LogP) is 3.20. The molecule has 118 valence electrons. The SMILES string of the molecule is CCCNC(COC1CCOCC1)c1cccc(F)c1F. The van der Waals surface area contributed by atoms with E-state index in [1.165, 1.54) is 6.07 Å². The summed E-state index contributed by atoms with van der Waals surface area (Å²) in [5.41, 5.74) is 0.329. The molecule has 5 heteroatoms. The van der Waals surface area contributed by atoms with Crippen molar-refractivity contribution in [2.75, 3.05) is 26.4 Å². The van der Waals surface area contributed by atoms with E-state index in [0.717, 1.165) is 31.9 Å². The number of ether oxygens (including phenoxy) is 2. The van der Waals surface area contributed by atoms with Crippen LogP contribution in [0.3, 0.4) is 0 Å². The fourth-order valence-corrected chi connectivity index (χ4v) is 2.44. The first kappa shape index (κ1) is 16.3. The van der Waals surface area contributed by atoms with Gasteiger partial charge in [0.2, 0.25) is 0 Å². The molecule has 21 heavy (non-hydrogen) atoms. The van der Waals surface area contributed by atoms with Gasteiger partial charge in [-0.25, -0.2) is 8.78 Å². The van der Waals surface area contributed by atoms with E-state index >= 15 is 0 Å². The molecule has 1 saturated heterocycles. The van der Waals surface area contributed by atoms with E-state index in [-0.39, 0.29) is 12.1 Å². The van der Waals surface area contributed by atoms with Crippen LogP contribution in [0.2, 0.25) is 0 Å². The molecule has 0 bridgehead atoms. The van der Waals surface area contributed by atoms with E-state index in [9.17, 15) is 8.78 Å². The average molecular weight is 299 g/mol. The van der Waals surface area contributed by atoms with Crippen molar-refractivity contribution in [3.05, 3.63) is 35.4 Å². The van der Waals surface area contributed by atoms with Crippen molar-refractivity contribution in [3.63, 3.8) is 0 Å². The van der Waals surface area contributed by atoms with E-state index in [1.807, 2.05) is 6.92 Å². The van der Waals surface area contributed by atoms with Crippen LogP contribution in [0.25, 0.3) is 0 Å². The van der Waals surface area contributed by atoms with Gasteiger partial charge in [-0.05, 0) is 31.9 Å². The van der Waals surface area contributed by atoms with Gasteiger partial charge >= 0.3 is 0 Å². The maximum Gasteiger partial charge on any atom is 0.163 e. The second kappa shape index (κ2) is 8.41. The van der Waals surface area contributed by atoms with Crippen molar-refractivity contribution in [2.24, 2.45) is 0 Å². The highest BCUT2D eigenvalue weighted by molar-refractivity contribution is 5.22. The fraction of sp³-hybridized carbons (Fsp3) is 0.625. The molecule has 3 nitrogen and oxygen atoms in total. The van der Waals surface area contributed by atoms with Crippen molar-refractivity contribution >= 4 is 0 Å². The van der Waals surface area contributed by atoms with Crippen LogP contribution < -0.4 is 5.32 Å². The first-order valence-electron chi connectivity index (χ1n) is 7.59. The predicted molar refractivity (Wildman–Crippen MR) is 77.2 cm³/mol. The first-order chi connectivity index (χ1) is 10.2. The molecule has 1 fully saturated rings. The maximum atomic E-state index is 14.0. The zero-order chi connectivity index (χ0) is 15.1. The molecule has 1 N–H and O–H groups in total. The second-order valence-corrected chi connectivity index (χ2v) is 5.29. The molecule has 0 saturated carbocycles. The molecule has 1 aliphatic rings. The summed E-state index contributed by atoms with van der Waals surface area (Å²) in [6.45, 7) is 4.51. The third-order valence-corrected chi connectivity index (χ3v) is 3.66. The number of halogens is 2. The first-order valence-corrected chi connectivity index (χ1v) is 7.59. The van der Waals surface area contributed by atoms with Crippen molar-refractivity contribution in [3.8, 4) is 0 Å². The van der Waals surface area contributed by atoms with Crippen LogP contribution in [0.4, 0.5) is 8.78 Å². The number of hydrogen-bond donors (Lipinski definition) is 1. The lowest BCUT2D eigenvalue weighted by Crippen LogP contribution is -2.31. The minimum atomic E-state index is -0.818. The zero-order valence-electron chi connectivity index (χ0n) is 12.4. The molecule has 1 aliphatic heterocycles. The van der Waals surface area contributed by atoms with Crippen molar-refractivity contribution < 1.29 is 18.3 Å². The van der Waals surface area contributed by atoms with Crippen LogP contribution >= 0.6 is 0 Å². The van der Waals surface area contributed by atoms with E-state index < -0.39 is 11.6 Å². The van der Waals surface area contributed by atoms with Crippen molar-refractivity contribution in [1.82, 2.24) is 5.32 Å². The summed E-state index contributed by atoms with van der Waals surface area (Å²) in [7, 11) is 0. The molecule has 1 aromatic rings. The summed E-state index contributed by atoms with van der Waals surface area (Å²) >= 11 is 0. The highest BCUT2D eigenvalue weighted by atomic mass is 19.2. The van der Waals surface area contributed by atoms with E-state index in [0.29, 0.717) is 25.4 Å². The molecule has 0 radical (unpaired) electrons. The summed E-state index contributed by atoms with van der Waals surface area (Å²) in [5, 5.41) is 3.23. The van der Waals surface area contributed by atoms with Gasteiger partial charge in [0.15, 0.2) is 11.6 Å². The third-order valence-electron chi connectivity index (χ3n) is 3.66. The zero-order valence-corrected chi connectivity index (χ0v) is 12.4. The van der Waals surface area contributed by atoms with E-state index in [2.05, 4.69) is 5.32 Å². The molecular weight excluding hydrogens is 276 g/mol. The fourth-order valence-electron chi connectivity index (χ4n) is 2.44. The number of hydrogen-bond acceptors (Lipinski definition) is 3. The molecule has 2 rings (SSSR count). The Balaban J connectivity index is 2.01. The summed E-state index contributed by atoms with van der Waals surface area (Å²) in [6, 6.07) is 3.94. The van der Waals surface area contributed by atoms with Gasteiger partial charge in [0.05, 0.1) is 18.8 Å². The van der Waals surface area contributed by atoms with Gasteiger partial charge in [0.25, 0.3) is 0 Å². The smallest absolute Gasteiger partial charge is 0.163 e. The molecule has 1 aromatic carbocycles. The Bertz CT molecular complexity index is 436. The Morgan fingerprint density at radius 3 is 2.81 bits per heavy atom. The minimum absolute atomic E-state index is 0.140. The van der Waals surface area contributed by atoms with Crippen LogP contribution in [0, 0.1) is 11.6 Å². The molecule has 1 heterocycles. The van der Waals surface area contributed by atoms with Crippen molar-refractivity contribution in [2.45, 2.75) is 38.3 Å². The highest BCUT2D eigenvalue weighted by Crippen LogP contribution is 2.21. The number of nitrogens with one attached hydrogen (secondary N) is 1. The maximum absolute atomic E-state index is 14.0. The Labute approximate surface area is 124 Å². The average Bonchev–Trinajstić information content (AvgIpc) is 2.52. The summed E-state index contributed by atoms with van der Waals surface area (Å²) in [6.07, 6.45) is 2.77. The Kier molecular flexibility index (Phi) is 6.54. The molecule has 0 aliphatic carbocycles. The highest BCUT2D eigenvalue weighted by Gasteiger charge is 2.21. The van der Waals surface area contributed by atoms with Gasteiger partial charge in [0, 0.05) is 18.8 Å². The monoisotopic (exact) mass is 299 g/mol. The minimum Gasteiger partial charge on any atom is -0.381 e. The van der Waals surface area contributed by atoms with Gasteiger partial charge in [0.1, 0.15) is 0 Å². The molecule has 1 atom stereocenters. The molecular formula is C16H23F2NO2. The Hall–Kier alpha value is -1.04. The largest absolute Gasteiger partial charge is 0.381 e. The van der Waals surface area contributed by atoms with Gasteiger partial charge in [-0.3, -0.25) is 0 Å². The van der Waals surface area contributed by atoms with E-state index in [4.69, 9.17) is 9.47 Å². The van der Waals surface area contributed by atoms with E-state index in [1.54, 1.807) is 6.07 Å². The topological polar surface area (TPSA) is 30.5 Å². The molecule has 1 unspecified atom stereocenters. The standard InChI is InChI=1S/C16H23F2NO2/c1-2-8-19-15(11-21-12-6-9-20-10-7-12)13-4-3-5-14(17)16(13)18/h3-5,12,15,19H,2,6-11H2,1H3. The van der Waals surface area contributed by atoms with Crippen LogP contribution in [0.15, 0.2) is 18.2 Å². The van der Waals surface area contributed by atoms with Crippen LogP contribution in [0.1, 0.15) is 37.8 Å². The van der Waals surface area contributed by atoms with Crippen LogP contribution in [-0.2, 0) is 9.47 Å². The second-order valence-electron chi connectivity index (χ2n) is 5.29. The number of rotatable bonds is 7. The Morgan fingerprint density at radius 1 is 1.33 bits per heavy atom. The van der Waals surface area contributed by atoms with Gasteiger partial charge in [-0.15, -0.1) is 0 Å². The summed E-state index contributed by atoms with van der Waals surface area (Å²) in [4.78, 5) is 0. The molecule has 0 aromatic heterocycles. The lowest BCUT2D eigenvalue weighted by molar-refractivity contribution is -0.0385. The normalized spacial score (nSPS) is 17.9. The number of benzene rings is 1. The Morgan fingerprint density at radius 2 is 2.10 bits per heavy atom. The third kappa shape index (κ3) is 4.73. The lowest BCUT2D eigenvalue weighted by Gasteiger charge is -2.26. The summed E-state index contributed by atoms with van der Waals surface area (Å²) in [5.74, 6) is -1.61. The molecule has 0 amide bonds. The van der Waals surface area contributed by atoms with Gasteiger partial charge in [-0.1, -0.05) is 19.1 Å². The summed E-state index contributed by atoms with van der Waals surface area (Å²) < 4.78 is 38.5. The lowest BCUT2D eigenvalue weighted by atomic mass is 10.1. The molecule has 0 spiro atoms. The van der Waals surface area contributed by atoms with Gasteiger partial charge < -0.3 is 14.8 Å². The van der Waals surface area contributed by atoms with Crippen LogP contribution in [-0.4, -0.2) is 32.5 Å².